The molecule has 3 rings (SSSR count). The minimum absolute atomic E-state index is 0.0581. The Labute approximate surface area is 179 Å². The standard InChI is InChI=1S/C21H23F3N2O4S/c1-14-12-26(13-15(2)30-14)20(27)17-8-6-16(7-9-17)11-25-31(28,29)19-5-3-4-18(10-19)21(22,23)24/h3-10,14-15,25H,11-13H2,1-2H3/t14-,15-/m0/s1. The van der Waals surface area contributed by atoms with Crippen molar-refractivity contribution in [2.45, 2.75) is 43.7 Å². The molecule has 168 valence electrons. The van der Waals surface area contributed by atoms with Gasteiger partial charge in [-0.15, -0.1) is 0 Å². The lowest BCUT2D eigenvalue weighted by atomic mass is 10.1. The van der Waals surface area contributed by atoms with E-state index in [1.165, 1.54) is 0 Å². The van der Waals surface area contributed by atoms with Crippen molar-refractivity contribution in [3.05, 3.63) is 65.2 Å². The largest absolute Gasteiger partial charge is 0.416 e. The number of halogens is 3. The lowest BCUT2D eigenvalue weighted by Gasteiger charge is -2.35. The molecule has 6 nitrogen and oxygen atoms in total. The van der Waals surface area contributed by atoms with Crippen molar-refractivity contribution in [2.24, 2.45) is 0 Å². The highest BCUT2D eigenvalue weighted by Gasteiger charge is 2.31. The molecule has 0 aliphatic carbocycles. The molecule has 1 fully saturated rings. The van der Waals surface area contributed by atoms with Crippen LogP contribution in [-0.2, 0) is 27.5 Å². The quantitative estimate of drug-likeness (QED) is 0.748. The van der Waals surface area contributed by atoms with E-state index in [-0.39, 0.29) is 24.7 Å². The molecular weight excluding hydrogens is 433 g/mol. The minimum Gasteiger partial charge on any atom is -0.372 e. The van der Waals surface area contributed by atoms with Crippen LogP contribution in [0.4, 0.5) is 13.2 Å². The number of benzene rings is 2. The number of amides is 1. The predicted octanol–water partition coefficient (Wildman–Crippen LogP) is 3.43. The molecule has 2 aromatic carbocycles. The average Bonchev–Trinajstić information content (AvgIpc) is 2.71. The highest BCUT2D eigenvalue weighted by atomic mass is 32.2. The molecule has 0 spiro atoms. The van der Waals surface area contributed by atoms with Gasteiger partial charge < -0.3 is 9.64 Å². The first-order chi connectivity index (χ1) is 14.5. The molecule has 1 saturated heterocycles. The van der Waals surface area contributed by atoms with E-state index in [2.05, 4.69) is 4.72 Å². The molecule has 0 radical (unpaired) electrons. The molecule has 2 aromatic rings. The van der Waals surface area contributed by atoms with Crippen molar-refractivity contribution < 1.29 is 31.1 Å². The number of carbonyl (C=O) groups excluding carboxylic acids is 1. The van der Waals surface area contributed by atoms with Crippen LogP contribution in [0.2, 0.25) is 0 Å². The summed E-state index contributed by atoms with van der Waals surface area (Å²) < 4.78 is 71.2. The summed E-state index contributed by atoms with van der Waals surface area (Å²) in [7, 11) is -4.14. The summed E-state index contributed by atoms with van der Waals surface area (Å²) in [5.41, 5.74) is -0.00779. The molecule has 31 heavy (non-hydrogen) atoms. The number of nitrogens with zero attached hydrogens (tertiary/aromatic N) is 1. The van der Waals surface area contributed by atoms with Gasteiger partial charge in [-0.2, -0.15) is 13.2 Å². The van der Waals surface area contributed by atoms with Crippen LogP contribution in [0.3, 0.4) is 0 Å². The van der Waals surface area contributed by atoms with Gasteiger partial charge in [0.2, 0.25) is 10.0 Å². The van der Waals surface area contributed by atoms with Gasteiger partial charge in [0.05, 0.1) is 22.7 Å². The highest BCUT2D eigenvalue weighted by Crippen LogP contribution is 2.30. The molecule has 0 bridgehead atoms. The van der Waals surface area contributed by atoms with Gasteiger partial charge in [-0.25, -0.2) is 13.1 Å². The maximum Gasteiger partial charge on any atom is 0.416 e. The van der Waals surface area contributed by atoms with Crippen LogP contribution < -0.4 is 4.72 Å². The Bertz CT molecular complexity index is 1030. The predicted molar refractivity (Wildman–Crippen MR) is 108 cm³/mol. The molecule has 1 aliphatic heterocycles. The summed E-state index contributed by atoms with van der Waals surface area (Å²) in [6, 6.07) is 9.96. The monoisotopic (exact) mass is 456 g/mol. The Balaban J connectivity index is 1.66. The third-order valence-corrected chi connectivity index (χ3v) is 6.24. The fourth-order valence-corrected chi connectivity index (χ4v) is 4.46. The van der Waals surface area contributed by atoms with E-state index in [0.29, 0.717) is 30.3 Å². The number of hydrogen-bond acceptors (Lipinski definition) is 4. The van der Waals surface area contributed by atoms with Crippen molar-refractivity contribution >= 4 is 15.9 Å². The van der Waals surface area contributed by atoms with Crippen molar-refractivity contribution in [1.82, 2.24) is 9.62 Å². The van der Waals surface area contributed by atoms with E-state index in [0.717, 1.165) is 18.2 Å². The lowest BCUT2D eigenvalue weighted by molar-refractivity contribution is -0.137. The Morgan fingerprint density at radius 3 is 2.29 bits per heavy atom. The van der Waals surface area contributed by atoms with Gasteiger partial charge in [0, 0.05) is 25.2 Å². The Morgan fingerprint density at radius 2 is 1.71 bits per heavy atom. The lowest BCUT2D eigenvalue weighted by Crippen LogP contribution is -2.48. The number of hydrogen-bond donors (Lipinski definition) is 1. The number of sulfonamides is 1. The van der Waals surface area contributed by atoms with E-state index < -0.39 is 26.7 Å². The zero-order chi connectivity index (χ0) is 22.8. The van der Waals surface area contributed by atoms with E-state index >= 15 is 0 Å². The number of alkyl halides is 3. The van der Waals surface area contributed by atoms with Gasteiger partial charge in [-0.05, 0) is 49.7 Å². The van der Waals surface area contributed by atoms with Crippen LogP contribution in [0.5, 0.6) is 0 Å². The Morgan fingerprint density at radius 1 is 1.10 bits per heavy atom. The normalized spacial score (nSPS) is 20.0. The first kappa shape index (κ1) is 23.2. The fraction of sp³-hybridized carbons (Fsp3) is 0.381. The van der Waals surface area contributed by atoms with E-state index in [4.69, 9.17) is 4.74 Å². The molecular formula is C21H23F3N2O4S. The van der Waals surface area contributed by atoms with Crippen molar-refractivity contribution in [3.8, 4) is 0 Å². The number of nitrogens with one attached hydrogen (secondary N) is 1. The molecule has 1 heterocycles. The van der Waals surface area contributed by atoms with Crippen LogP contribution in [0.25, 0.3) is 0 Å². The maximum atomic E-state index is 12.8. The van der Waals surface area contributed by atoms with Gasteiger partial charge in [0.15, 0.2) is 0 Å². The Kier molecular flexibility index (Phi) is 6.73. The molecule has 1 amide bonds. The second-order valence-corrected chi connectivity index (χ2v) is 9.28. The fourth-order valence-electron chi connectivity index (χ4n) is 3.39. The number of morpholine rings is 1. The summed E-state index contributed by atoms with van der Waals surface area (Å²) in [5.74, 6) is -0.141. The summed E-state index contributed by atoms with van der Waals surface area (Å²) >= 11 is 0. The maximum absolute atomic E-state index is 12.8. The zero-order valence-corrected chi connectivity index (χ0v) is 17.8. The van der Waals surface area contributed by atoms with E-state index in [1.807, 2.05) is 13.8 Å². The van der Waals surface area contributed by atoms with Crippen LogP contribution in [0.1, 0.15) is 35.3 Å². The first-order valence-electron chi connectivity index (χ1n) is 9.66. The Hall–Kier alpha value is -2.43. The number of rotatable bonds is 5. The smallest absolute Gasteiger partial charge is 0.372 e. The van der Waals surface area contributed by atoms with Gasteiger partial charge in [0.25, 0.3) is 5.91 Å². The van der Waals surface area contributed by atoms with Crippen LogP contribution in [0.15, 0.2) is 53.4 Å². The van der Waals surface area contributed by atoms with E-state index in [9.17, 15) is 26.4 Å². The SMILES string of the molecule is C[C@H]1CN(C(=O)c2ccc(CNS(=O)(=O)c3cccc(C(F)(F)F)c3)cc2)C[C@H](C)O1. The van der Waals surface area contributed by atoms with Crippen molar-refractivity contribution in [3.63, 3.8) is 0 Å². The topological polar surface area (TPSA) is 75.7 Å². The highest BCUT2D eigenvalue weighted by molar-refractivity contribution is 7.89. The molecule has 1 N–H and O–H groups in total. The third kappa shape index (κ3) is 5.84. The molecule has 10 heteroatoms. The molecule has 1 aliphatic rings. The van der Waals surface area contributed by atoms with Gasteiger partial charge >= 0.3 is 6.18 Å². The summed E-state index contributed by atoms with van der Waals surface area (Å²) in [5, 5.41) is 0. The summed E-state index contributed by atoms with van der Waals surface area (Å²) in [6.45, 7) is 4.65. The van der Waals surface area contributed by atoms with Crippen LogP contribution >= 0.6 is 0 Å². The van der Waals surface area contributed by atoms with E-state index in [1.54, 1.807) is 29.2 Å². The van der Waals surface area contributed by atoms with Crippen LogP contribution in [-0.4, -0.2) is 44.5 Å². The van der Waals surface area contributed by atoms with Gasteiger partial charge in [-0.1, -0.05) is 18.2 Å². The summed E-state index contributed by atoms with van der Waals surface area (Å²) in [4.78, 5) is 13.9. The average molecular weight is 456 g/mol. The zero-order valence-electron chi connectivity index (χ0n) is 17.0. The third-order valence-electron chi connectivity index (χ3n) is 4.85. The van der Waals surface area contributed by atoms with Gasteiger partial charge in [0.1, 0.15) is 0 Å². The molecule has 2 atom stereocenters. The molecule has 0 unspecified atom stereocenters. The molecule has 0 saturated carbocycles. The number of ether oxygens (including phenoxy) is 1. The van der Waals surface area contributed by atoms with Crippen molar-refractivity contribution in [1.29, 1.82) is 0 Å². The van der Waals surface area contributed by atoms with Gasteiger partial charge in [-0.3, -0.25) is 4.79 Å². The van der Waals surface area contributed by atoms with Crippen LogP contribution in [0, 0.1) is 0 Å². The number of carbonyl (C=O) groups is 1. The second kappa shape index (κ2) is 8.97. The molecule has 0 aromatic heterocycles. The second-order valence-electron chi connectivity index (χ2n) is 7.51. The summed E-state index contributed by atoms with van der Waals surface area (Å²) in [6.07, 6.45) is -4.75. The first-order valence-corrected chi connectivity index (χ1v) is 11.1. The van der Waals surface area contributed by atoms with Crippen molar-refractivity contribution in [2.75, 3.05) is 13.1 Å². The minimum atomic E-state index is -4.63.